The van der Waals surface area contributed by atoms with E-state index in [-0.39, 0.29) is 12.2 Å². The topological polar surface area (TPSA) is 32.7 Å². The number of rotatable bonds is 2. The third kappa shape index (κ3) is 2.22. The van der Waals surface area contributed by atoms with Gasteiger partial charge in [0.1, 0.15) is 0 Å². The molecule has 1 heterocycles. The molecule has 0 aromatic carbocycles. The van der Waals surface area contributed by atoms with Crippen LogP contribution in [-0.4, -0.2) is 42.4 Å². The highest BCUT2D eigenvalue weighted by atomic mass is 16.5. The zero-order valence-electron chi connectivity index (χ0n) is 7.57. The van der Waals surface area contributed by atoms with E-state index in [0.29, 0.717) is 0 Å². The molecule has 70 valence electrons. The highest BCUT2D eigenvalue weighted by molar-refractivity contribution is 4.81. The maximum absolute atomic E-state index is 9.58. The predicted octanol–water partition coefficient (Wildman–Crippen LogP) is 0.602. The van der Waals surface area contributed by atoms with Gasteiger partial charge in [-0.15, -0.1) is 0 Å². The summed E-state index contributed by atoms with van der Waals surface area (Å²) in [5, 5.41) is 9.58. The summed E-state index contributed by atoms with van der Waals surface area (Å²) in [5.74, 6) is 0. The third-order valence-corrected chi connectivity index (χ3v) is 2.40. The molecule has 3 nitrogen and oxygen atoms in total. The average molecular weight is 171 g/mol. The van der Waals surface area contributed by atoms with Crippen LogP contribution in [0.2, 0.25) is 0 Å². The molecular formula is C9H17NO2. The van der Waals surface area contributed by atoms with Crippen molar-refractivity contribution in [2.45, 2.75) is 25.0 Å². The van der Waals surface area contributed by atoms with Crippen molar-refractivity contribution in [2.24, 2.45) is 0 Å². The van der Waals surface area contributed by atoms with Gasteiger partial charge in [0, 0.05) is 20.2 Å². The number of ether oxygens (including phenoxy) is 1. The number of nitrogens with zero attached hydrogens (tertiary/aromatic N) is 1. The average Bonchev–Trinajstić information content (AvgIpc) is 2.27. The van der Waals surface area contributed by atoms with Gasteiger partial charge in [0.25, 0.3) is 0 Å². The Bertz CT molecular complexity index is 149. The minimum Gasteiger partial charge on any atom is -0.390 e. The summed E-state index contributed by atoms with van der Waals surface area (Å²) in [6.07, 6.45) is 3.15. The van der Waals surface area contributed by atoms with Crippen molar-refractivity contribution in [1.29, 1.82) is 0 Å². The molecule has 3 heteroatoms. The van der Waals surface area contributed by atoms with Crippen LogP contribution >= 0.6 is 0 Å². The van der Waals surface area contributed by atoms with Gasteiger partial charge < -0.3 is 14.7 Å². The van der Waals surface area contributed by atoms with E-state index in [2.05, 4.69) is 11.5 Å². The second kappa shape index (κ2) is 4.48. The van der Waals surface area contributed by atoms with Crippen molar-refractivity contribution < 1.29 is 9.84 Å². The van der Waals surface area contributed by atoms with Crippen LogP contribution in [0.1, 0.15) is 12.8 Å². The second-order valence-corrected chi connectivity index (χ2v) is 3.14. The van der Waals surface area contributed by atoms with Gasteiger partial charge in [0.05, 0.1) is 12.2 Å². The fourth-order valence-corrected chi connectivity index (χ4v) is 1.54. The lowest BCUT2D eigenvalue weighted by molar-refractivity contribution is -0.0122. The Labute approximate surface area is 73.6 Å². The van der Waals surface area contributed by atoms with Crippen LogP contribution in [0.25, 0.3) is 0 Å². The summed E-state index contributed by atoms with van der Waals surface area (Å²) in [6, 6.07) is 0. The Balaban J connectivity index is 2.46. The summed E-state index contributed by atoms with van der Waals surface area (Å²) in [7, 11) is 1.65. The molecule has 0 radical (unpaired) electrons. The fourth-order valence-electron chi connectivity index (χ4n) is 1.54. The van der Waals surface area contributed by atoms with Crippen LogP contribution in [0.3, 0.4) is 0 Å². The van der Waals surface area contributed by atoms with Crippen LogP contribution in [0.5, 0.6) is 0 Å². The minimum absolute atomic E-state index is 0.00468. The Hall–Kier alpha value is -0.540. The van der Waals surface area contributed by atoms with E-state index < -0.39 is 0 Å². The van der Waals surface area contributed by atoms with Crippen molar-refractivity contribution in [3.05, 3.63) is 12.8 Å². The molecule has 2 unspecified atom stereocenters. The SMILES string of the molecule is C=CN1CCC(O)C(OC)CC1. The van der Waals surface area contributed by atoms with Gasteiger partial charge in [-0.25, -0.2) is 0 Å². The van der Waals surface area contributed by atoms with E-state index >= 15 is 0 Å². The molecule has 0 bridgehead atoms. The summed E-state index contributed by atoms with van der Waals surface area (Å²) in [5.41, 5.74) is 0. The van der Waals surface area contributed by atoms with E-state index in [4.69, 9.17) is 4.74 Å². The molecule has 0 aromatic rings. The number of hydrogen-bond donors (Lipinski definition) is 1. The van der Waals surface area contributed by atoms with Crippen molar-refractivity contribution in [3.8, 4) is 0 Å². The molecule has 2 atom stereocenters. The second-order valence-electron chi connectivity index (χ2n) is 3.14. The maximum Gasteiger partial charge on any atom is 0.0847 e. The van der Waals surface area contributed by atoms with Crippen molar-refractivity contribution in [1.82, 2.24) is 4.90 Å². The van der Waals surface area contributed by atoms with Gasteiger partial charge in [0.2, 0.25) is 0 Å². The lowest BCUT2D eigenvalue weighted by atomic mass is 10.1. The van der Waals surface area contributed by atoms with Gasteiger partial charge in [-0.1, -0.05) is 6.58 Å². The molecule has 0 spiro atoms. The number of hydrogen-bond acceptors (Lipinski definition) is 3. The molecular weight excluding hydrogens is 154 g/mol. The van der Waals surface area contributed by atoms with Crippen LogP contribution in [-0.2, 0) is 4.74 Å². The Morgan fingerprint density at radius 1 is 1.50 bits per heavy atom. The Morgan fingerprint density at radius 3 is 2.75 bits per heavy atom. The molecule has 12 heavy (non-hydrogen) atoms. The van der Waals surface area contributed by atoms with E-state index in [9.17, 15) is 5.11 Å². The molecule has 0 amide bonds. The van der Waals surface area contributed by atoms with E-state index in [1.54, 1.807) is 7.11 Å². The number of aliphatic hydroxyl groups is 1. The molecule has 1 N–H and O–H groups in total. The monoisotopic (exact) mass is 171 g/mol. The first-order chi connectivity index (χ1) is 5.77. The number of likely N-dealkylation sites (tertiary alicyclic amines) is 1. The zero-order chi connectivity index (χ0) is 8.97. The molecule has 1 rings (SSSR count). The molecule has 0 aromatic heterocycles. The summed E-state index contributed by atoms with van der Waals surface area (Å²) >= 11 is 0. The third-order valence-electron chi connectivity index (χ3n) is 2.40. The van der Waals surface area contributed by atoms with Gasteiger partial charge in [0.15, 0.2) is 0 Å². The van der Waals surface area contributed by atoms with E-state index in [0.717, 1.165) is 25.9 Å². The smallest absolute Gasteiger partial charge is 0.0847 e. The van der Waals surface area contributed by atoms with Crippen LogP contribution in [0.4, 0.5) is 0 Å². The van der Waals surface area contributed by atoms with E-state index in [1.807, 2.05) is 6.20 Å². The fraction of sp³-hybridized carbons (Fsp3) is 0.778. The van der Waals surface area contributed by atoms with E-state index in [1.165, 1.54) is 0 Å². The summed E-state index contributed by atoms with van der Waals surface area (Å²) < 4.78 is 5.17. The highest BCUT2D eigenvalue weighted by Gasteiger charge is 2.22. The molecule has 1 aliphatic rings. The number of methoxy groups -OCH3 is 1. The summed E-state index contributed by atoms with van der Waals surface area (Å²) in [4.78, 5) is 2.11. The normalized spacial score (nSPS) is 31.3. The Morgan fingerprint density at radius 2 is 2.17 bits per heavy atom. The molecule has 0 aliphatic carbocycles. The van der Waals surface area contributed by atoms with Crippen molar-refractivity contribution >= 4 is 0 Å². The quantitative estimate of drug-likeness (QED) is 0.660. The number of aliphatic hydroxyl groups excluding tert-OH is 1. The molecule has 1 aliphatic heterocycles. The summed E-state index contributed by atoms with van der Waals surface area (Å²) in [6.45, 7) is 5.51. The largest absolute Gasteiger partial charge is 0.390 e. The Kier molecular flexibility index (Phi) is 3.56. The van der Waals surface area contributed by atoms with Gasteiger partial charge in [-0.2, -0.15) is 0 Å². The zero-order valence-corrected chi connectivity index (χ0v) is 7.57. The van der Waals surface area contributed by atoms with Gasteiger partial charge in [-0.05, 0) is 19.0 Å². The molecule has 1 fully saturated rings. The standard InChI is InChI=1S/C9H17NO2/c1-3-10-6-4-8(11)9(12-2)5-7-10/h3,8-9,11H,1,4-7H2,2H3. The van der Waals surface area contributed by atoms with Gasteiger partial charge >= 0.3 is 0 Å². The minimum atomic E-state index is -0.319. The van der Waals surface area contributed by atoms with Gasteiger partial charge in [-0.3, -0.25) is 0 Å². The van der Waals surface area contributed by atoms with Crippen LogP contribution in [0, 0.1) is 0 Å². The lowest BCUT2D eigenvalue weighted by Gasteiger charge is -2.17. The van der Waals surface area contributed by atoms with Crippen molar-refractivity contribution in [2.75, 3.05) is 20.2 Å². The first-order valence-corrected chi connectivity index (χ1v) is 4.35. The molecule has 0 saturated carbocycles. The first kappa shape index (κ1) is 9.55. The van der Waals surface area contributed by atoms with Crippen LogP contribution in [0.15, 0.2) is 12.8 Å². The highest BCUT2D eigenvalue weighted by Crippen LogP contribution is 2.13. The van der Waals surface area contributed by atoms with Crippen LogP contribution < -0.4 is 0 Å². The lowest BCUT2D eigenvalue weighted by Crippen LogP contribution is -2.27. The predicted molar refractivity (Wildman–Crippen MR) is 47.8 cm³/mol. The first-order valence-electron chi connectivity index (χ1n) is 4.35. The maximum atomic E-state index is 9.58. The van der Waals surface area contributed by atoms with Crippen molar-refractivity contribution in [3.63, 3.8) is 0 Å². The molecule has 1 saturated heterocycles.